The van der Waals surface area contributed by atoms with E-state index in [1.165, 1.54) is 0 Å². The third kappa shape index (κ3) is 3.40. The van der Waals surface area contributed by atoms with Crippen molar-refractivity contribution in [2.45, 2.75) is 13.0 Å². The number of aromatic carboxylic acids is 1. The Morgan fingerprint density at radius 3 is 3.08 bits per heavy atom. The average molecular weight is 323 g/mol. The Labute approximate surface area is 139 Å². The lowest BCUT2D eigenvalue weighted by Crippen LogP contribution is -2.08. The second-order valence-electron chi connectivity index (χ2n) is 5.32. The van der Waals surface area contributed by atoms with E-state index in [0.717, 1.165) is 29.3 Å². The number of anilines is 1. The highest BCUT2D eigenvalue weighted by atomic mass is 16.4. The molecule has 0 atom stereocenters. The molecule has 0 saturated heterocycles. The lowest BCUT2D eigenvalue weighted by Gasteiger charge is -2.08. The van der Waals surface area contributed by atoms with Gasteiger partial charge in [0.25, 0.3) is 0 Å². The molecule has 24 heavy (non-hydrogen) atoms. The van der Waals surface area contributed by atoms with Crippen molar-refractivity contribution in [2.75, 3.05) is 5.32 Å². The monoisotopic (exact) mass is 323 g/mol. The molecule has 1 aromatic carbocycles. The maximum atomic E-state index is 11.0. The van der Waals surface area contributed by atoms with Crippen LogP contribution in [0.15, 0.2) is 47.6 Å². The minimum atomic E-state index is -0.949. The molecule has 2 N–H and O–H groups in total. The minimum Gasteiger partial charge on any atom is -0.478 e. The Morgan fingerprint density at radius 2 is 2.25 bits per heavy atom. The van der Waals surface area contributed by atoms with E-state index in [0.29, 0.717) is 6.54 Å². The molecule has 0 spiro atoms. The fourth-order valence-electron chi connectivity index (χ4n) is 2.40. The Kier molecular flexibility index (Phi) is 4.51. The van der Waals surface area contributed by atoms with Crippen LogP contribution < -0.4 is 5.32 Å². The molecule has 3 rings (SSSR count). The number of aromatic nitrogens is 3. The summed E-state index contributed by atoms with van der Waals surface area (Å²) in [6.45, 7) is 0.448. The summed E-state index contributed by atoms with van der Waals surface area (Å²) in [4.78, 5) is 15.1. The van der Waals surface area contributed by atoms with E-state index >= 15 is 0 Å². The largest absolute Gasteiger partial charge is 0.478 e. The van der Waals surface area contributed by atoms with Crippen LogP contribution in [-0.4, -0.2) is 32.1 Å². The fourth-order valence-corrected chi connectivity index (χ4v) is 2.40. The van der Waals surface area contributed by atoms with Crippen LogP contribution in [0.5, 0.6) is 0 Å². The summed E-state index contributed by atoms with van der Waals surface area (Å²) >= 11 is 0. The van der Waals surface area contributed by atoms with Crippen LogP contribution in [0.1, 0.15) is 28.4 Å². The maximum Gasteiger partial charge on any atom is 0.335 e. The van der Waals surface area contributed by atoms with Crippen molar-refractivity contribution in [1.82, 2.24) is 14.8 Å². The second kappa shape index (κ2) is 6.91. The summed E-state index contributed by atoms with van der Waals surface area (Å²) in [5, 5.41) is 20.7. The molecule has 2 aromatic rings. The first-order valence-corrected chi connectivity index (χ1v) is 7.48. The van der Waals surface area contributed by atoms with Crippen LogP contribution in [0.3, 0.4) is 0 Å². The minimum absolute atomic E-state index is 0.244. The number of benzene rings is 1. The Bertz CT molecular complexity index is 848. The number of rotatable bonds is 5. The van der Waals surface area contributed by atoms with Crippen LogP contribution >= 0.6 is 0 Å². The van der Waals surface area contributed by atoms with Crippen molar-refractivity contribution in [3.63, 3.8) is 0 Å². The lowest BCUT2D eigenvalue weighted by molar-refractivity contribution is 0.0697. The predicted octanol–water partition coefficient (Wildman–Crippen LogP) is 2.50. The third-order valence-electron chi connectivity index (χ3n) is 3.70. The molecule has 7 heteroatoms. The molecule has 0 fully saturated rings. The van der Waals surface area contributed by atoms with Crippen molar-refractivity contribution >= 4 is 23.4 Å². The van der Waals surface area contributed by atoms with Gasteiger partial charge in [-0.3, -0.25) is 4.99 Å². The summed E-state index contributed by atoms with van der Waals surface area (Å²) in [6, 6.07) is 6.67. The van der Waals surface area contributed by atoms with E-state index in [2.05, 4.69) is 20.5 Å². The molecule has 0 aliphatic carbocycles. The Balaban J connectivity index is 1.74. The molecule has 0 unspecified atom stereocenters. The zero-order valence-corrected chi connectivity index (χ0v) is 13.2. The number of nitrogens with zero attached hydrogens (tertiary/aromatic N) is 4. The van der Waals surface area contributed by atoms with E-state index in [1.807, 2.05) is 29.8 Å². The topological polar surface area (TPSA) is 92.4 Å². The smallest absolute Gasteiger partial charge is 0.335 e. The van der Waals surface area contributed by atoms with Gasteiger partial charge in [-0.2, -0.15) is 0 Å². The molecule has 7 nitrogen and oxygen atoms in total. The van der Waals surface area contributed by atoms with Crippen molar-refractivity contribution < 1.29 is 9.90 Å². The van der Waals surface area contributed by atoms with Gasteiger partial charge in [-0.15, -0.1) is 10.2 Å². The van der Waals surface area contributed by atoms with Gasteiger partial charge in [0.15, 0.2) is 11.6 Å². The summed E-state index contributed by atoms with van der Waals surface area (Å²) in [5.41, 5.74) is 2.01. The highest BCUT2D eigenvalue weighted by Crippen LogP contribution is 2.19. The Morgan fingerprint density at radius 1 is 1.38 bits per heavy atom. The molecule has 0 radical (unpaired) electrons. The highest BCUT2D eigenvalue weighted by molar-refractivity contribution is 5.88. The quantitative estimate of drug-likeness (QED) is 0.882. The van der Waals surface area contributed by atoms with Gasteiger partial charge in [0.1, 0.15) is 0 Å². The standard InChI is InChI=1S/C17H17N5O2/c1-22-15(11-19-14-6-2-4-13(10-14)17(23)24)20-21-16(22)12-5-3-8-18-9-7-12/h2-4,6-10,19H,5,11H2,1H3,(H,23,24). The Hall–Kier alpha value is -3.22. The highest BCUT2D eigenvalue weighted by Gasteiger charge is 2.12. The number of nitrogens with one attached hydrogen (secondary N) is 1. The summed E-state index contributed by atoms with van der Waals surface area (Å²) in [7, 11) is 1.91. The first-order chi connectivity index (χ1) is 11.6. The van der Waals surface area contributed by atoms with Crippen molar-refractivity contribution in [3.05, 3.63) is 59.8 Å². The zero-order chi connectivity index (χ0) is 16.9. The van der Waals surface area contributed by atoms with Crippen molar-refractivity contribution in [3.8, 4) is 0 Å². The molecule has 2 heterocycles. The van der Waals surface area contributed by atoms with Crippen LogP contribution in [-0.2, 0) is 13.6 Å². The lowest BCUT2D eigenvalue weighted by atomic mass is 10.1. The van der Waals surface area contributed by atoms with Gasteiger partial charge in [0.05, 0.1) is 12.1 Å². The van der Waals surface area contributed by atoms with Gasteiger partial charge >= 0.3 is 5.97 Å². The number of carboxylic acid groups (broad SMARTS) is 1. The molecule has 1 aliphatic rings. The molecule has 122 valence electrons. The zero-order valence-electron chi connectivity index (χ0n) is 13.2. The van der Waals surface area contributed by atoms with E-state index < -0.39 is 5.97 Å². The average Bonchev–Trinajstić information content (AvgIpc) is 2.78. The van der Waals surface area contributed by atoms with Crippen LogP contribution in [0.4, 0.5) is 5.69 Å². The summed E-state index contributed by atoms with van der Waals surface area (Å²) < 4.78 is 1.92. The van der Waals surface area contributed by atoms with E-state index in [4.69, 9.17) is 5.11 Å². The van der Waals surface area contributed by atoms with Crippen molar-refractivity contribution in [1.29, 1.82) is 0 Å². The van der Waals surface area contributed by atoms with Crippen LogP contribution in [0.2, 0.25) is 0 Å². The van der Waals surface area contributed by atoms with Gasteiger partial charge in [-0.1, -0.05) is 12.1 Å². The summed E-state index contributed by atoms with van der Waals surface area (Å²) in [6.07, 6.45) is 8.15. The number of carbonyl (C=O) groups is 1. The molecular formula is C17H17N5O2. The third-order valence-corrected chi connectivity index (χ3v) is 3.70. The van der Waals surface area contributed by atoms with Crippen LogP contribution in [0, 0.1) is 0 Å². The molecule has 0 bridgehead atoms. The molecular weight excluding hydrogens is 306 g/mol. The number of hydrogen-bond acceptors (Lipinski definition) is 5. The molecule has 0 saturated carbocycles. The van der Waals surface area contributed by atoms with Gasteiger partial charge in [-0.25, -0.2) is 4.79 Å². The van der Waals surface area contributed by atoms with E-state index in [-0.39, 0.29) is 5.56 Å². The van der Waals surface area contributed by atoms with E-state index in [1.54, 1.807) is 30.6 Å². The second-order valence-corrected chi connectivity index (χ2v) is 5.32. The van der Waals surface area contributed by atoms with Gasteiger partial charge < -0.3 is 15.0 Å². The maximum absolute atomic E-state index is 11.0. The molecule has 0 amide bonds. The predicted molar refractivity (Wildman–Crippen MR) is 92.0 cm³/mol. The van der Waals surface area contributed by atoms with Gasteiger partial charge in [0, 0.05) is 30.7 Å². The fraction of sp³-hybridized carbons (Fsp3) is 0.176. The molecule has 1 aliphatic heterocycles. The number of allylic oxidation sites excluding steroid dienone is 3. The first kappa shape index (κ1) is 15.7. The number of hydrogen-bond donors (Lipinski definition) is 2. The first-order valence-electron chi connectivity index (χ1n) is 7.48. The summed E-state index contributed by atoms with van der Waals surface area (Å²) in [5.74, 6) is 0.607. The number of carboxylic acids is 1. The van der Waals surface area contributed by atoms with Crippen molar-refractivity contribution in [2.24, 2.45) is 12.0 Å². The number of aliphatic imine (C=N–C) groups is 1. The SMILES string of the molecule is Cn1c(CNc2cccc(C(=O)O)c2)nnc1C1=CC=NC=CC1. The normalized spacial score (nSPS) is 13.5. The van der Waals surface area contributed by atoms with Gasteiger partial charge in [0.2, 0.25) is 0 Å². The molecule has 1 aromatic heterocycles. The van der Waals surface area contributed by atoms with Gasteiger partial charge in [-0.05, 0) is 30.7 Å². The van der Waals surface area contributed by atoms with E-state index in [9.17, 15) is 4.79 Å². The van der Waals surface area contributed by atoms with Crippen LogP contribution in [0.25, 0.3) is 5.57 Å².